The third-order valence-electron chi connectivity index (χ3n) is 3.51. The summed E-state index contributed by atoms with van der Waals surface area (Å²) >= 11 is 0. The second-order valence-corrected chi connectivity index (χ2v) is 6.54. The van der Waals surface area contributed by atoms with Gasteiger partial charge in [-0.3, -0.25) is 0 Å². The van der Waals surface area contributed by atoms with Crippen LogP contribution in [0.5, 0.6) is 5.75 Å². The van der Waals surface area contributed by atoms with E-state index in [0.717, 1.165) is 22.4 Å². The minimum Gasteiger partial charge on any atom is -0.489 e. The van der Waals surface area contributed by atoms with Gasteiger partial charge in [-0.2, -0.15) is 0 Å². The summed E-state index contributed by atoms with van der Waals surface area (Å²) in [4.78, 5) is 11.0. The van der Waals surface area contributed by atoms with E-state index >= 15 is 0 Å². The highest BCUT2D eigenvalue weighted by Crippen LogP contribution is 2.32. The van der Waals surface area contributed by atoms with Crippen molar-refractivity contribution in [3.63, 3.8) is 0 Å². The molecule has 2 aromatic rings. The van der Waals surface area contributed by atoms with Gasteiger partial charge in [0.05, 0.1) is 5.56 Å². The van der Waals surface area contributed by atoms with Crippen molar-refractivity contribution in [2.45, 2.75) is 39.7 Å². The summed E-state index contributed by atoms with van der Waals surface area (Å²) in [5.41, 5.74) is 3.41. The lowest BCUT2D eigenvalue weighted by Crippen LogP contribution is -2.13. The smallest absolute Gasteiger partial charge is 0.335 e. The van der Waals surface area contributed by atoms with Crippen LogP contribution in [0.2, 0.25) is 0 Å². The fraction of sp³-hybridized carbons (Fsp3) is 0.316. The zero-order valence-electron chi connectivity index (χ0n) is 13.5. The van der Waals surface area contributed by atoms with Crippen molar-refractivity contribution in [1.82, 2.24) is 0 Å². The second-order valence-electron chi connectivity index (χ2n) is 6.54. The molecule has 3 nitrogen and oxygen atoms in total. The Morgan fingerprint density at radius 3 is 2.50 bits per heavy atom. The molecule has 0 aliphatic heterocycles. The van der Waals surface area contributed by atoms with E-state index in [9.17, 15) is 4.79 Å². The number of rotatable bonds is 4. The number of hydrogen-bond donors (Lipinski definition) is 1. The molecule has 0 saturated heterocycles. The fourth-order valence-electron chi connectivity index (χ4n) is 2.32. The summed E-state index contributed by atoms with van der Waals surface area (Å²) in [7, 11) is 0. The number of hydrogen-bond acceptors (Lipinski definition) is 2. The van der Waals surface area contributed by atoms with Gasteiger partial charge in [-0.1, -0.05) is 45.0 Å². The van der Waals surface area contributed by atoms with E-state index in [-0.39, 0.29) is 11.0 Å². The number of aromatic carboxylic acids is 1. The highest BCUT2D eigenvalue weighted by Gasteiger charge is 2.19. The highest BCUT2D eigenvalue weighted by atomic mass is 16.5. The summed E-state index contributed by atoms with van der Waals surface area (Å²) in [6.07, 6.45) is 0. The second kappa shape index (κ2) is 6.22. The Hall–Kier alpha value is -2.29. The summed E-state index contributed by atoms with van der Waals surface area (Å²) < 4.78 is 5.97. The Morgan fingerprint density at radius 2 is 1.86 bits per heavy atom. The maximum Gasteiger partial charge on any atom is 0.335 e. The first-order valence-electron chi connectivity index (χ1n) is 7.33. The number of carboxylic acid groups (broad SMARTS) is 1. The maximum absolute atomic E-state index is 11.0. The predicted octanol–water partition coefficient (Wildman–Crippen LogP) is 4.57. The van der Waals surface area contributed by atoms with E-state index in [4.69, 9.17) is 9.84 Å². The van der Waals surface area contributed by atoms with Crippen LogP contribution in [0.25, 0.3) is 0 Å². The van der Waals surface area contributed by atoms with Crippen LogP contribution < -0.4 is 4.74 Å². The number of carbonyl (C=O) groups is 1. The van der Waals surface area contributed by atoms with Gasteiger partial charge in [-0.25, -0.2) is 4.79 Å². The quantitative estimate of drug-likeness (QED) is 0.899. The molecule has 0 spiro atoms. The van der Waals surface area contributed by atoms with E-state index in [0.29, 0.717) is 6.61 Å². The maximum atomic E-state index is 11.0. The molecule has 0 amide bonds. The van der Waals surface area contributed by atoms with Crippen LogP contribution in [-0.2, 0) is 12.0 Å². The van der Waals surface area contributed by atoms with E-state index < -0.39 is 5.97 Å². The van der Waals surface area contributed by atoms with Gasteiger partial charge in [0.25, 0.3) is 0 Å². The molecule has 3 heteroatoms. The third kappa shape index (κ3) is 3.88. The molecular weight excluding hydrogens is 276 g/mol. The van der Waals surface area contributed by atoms with Crippen molar-refractivity contribution >= 4 is 5.97 Å². The lowest BCUT2D eigenvalue weighted by Gasteiger charge is -2.23. The van der Waals surface area contributed by atoms with Gasteiger partial charge in [0, 0.05) is 0 Å². The summed E-state index contributed by atoms with van der Waals surface area (Å²) in [6, 6.07) is 13.1. The minimum absolute atomic E-state index is 0.00799. The molecule has 0 fully saturated rings. The van der Waals surface area contributed by atoms with Crippen molar-refractivity contribution in [2.24, 2.45) is 0 Å². The zero-order chi connectivity index (χ0) is 16.3. The fourth-order valence-corrected chi connectivity index (χ4v) is 2.32. The van der Waals surface area contributed by atoms with Crippen LogP contribution in [0.15, 0.2) is 42.5 Å². The Balaban J connectivity index is 2.23. The Morgan fingerprint density at radius 1 is 1.14 bits per heavy atom. The normalized spacial score (nSPS) is 11.3. The molecule has 1 N–H and O–H groups in total. The van der Waals surface area contributed by atoms with Gasteiger partial charge in [-0.15, -0.1) is 0 Å². The SMILES string of the molecule is Cc1ccc(C(C)(C)C)c(OCc2cccc(C(=O)O)c2)c1. The van der Waals surface area contributed by atoms with Crippen molar-refractivity contribution in [3.8, 4) is 5.75 Å². The van der Waals surface area contributed by atoms with Crippen LogP contribution in [0.3, 0.4) is 0 Å². The summed E-state index contributed by atoms with van der Waals surface area (Å²) in [6.45, 7) is 8.83. The molecule has 0 aromatic heterocycles. The third-order valence-corrected chi connectivity index (χ3v) is 3.51. The summed E-state index contributed by atoms with van der Waals surface area (Å²) in [5.74, 6) is -0.0685. The predicted molar refractivity (Wildman–Crippen MR) is 87.6 cm³/mol. The molecular formula is C19H22O3. The molecule has 2 aromatic carbocycles. The van der Waals surface area contributed by atoms with Crippen LogP contribution >= 0.6 is 0 Å². The number of aryl methyl sites for hydroxylation is 1. The molecule has 116 valence electrons. The molecule has 22 heavy (non-hydrogen) atoms. The minimum atomic E-state index is -0.923. The lowest BCUT2D eigenvalue weighted by molar-refractivity contribution is 0.0696. The monoisotopic (exact) mass is 298 g/mol. The van der Waals surface area contributed by atoms with Crippen LogP contribution in [-0.4, -0.2) is 11.1 Å². The largest absolute Gasteiger partial charge is 0.489 e. The van der Waals surface area contributed by atoms with Crippen LogP contribution in [0, 0.1) is 6.92 Å². The van der Waals surface area contributed by atoms with E-state index in [1.165, 1.54) is 0 Å². The molecule has 0 bridgehead atoms. The van der Waals surface area contributed by atoms with Gasteiger partial charge in [0.15, 0.2) is 0 Å². The Kier molecular flexibility index (Phi) is 4.55. The zero-order valence-corrected chi connectivity index (χ0v) is 13.5. The van der Waals surface area contributed by atoms with E-state index in [2.05, 4.69) is 32.9 Å². The molecule has 0 unspecified atom stereocenters. The molecule has 0 saturated carbocycles. The molecule has 0 radical (unpaired) electrons. The average molecular weight is 298 g/mol. The van der Waals surface area contributed by atoms with E-state index in [1.54, 1.807) is 18.2 Å². The van der Waals surface area contributed by atoms with Crippen molar-refractivity contribution in [2.75, 3.05) is 0 Å². The van der Waals surface area contributed by atoms with Gasteiger partial charge in [-0.05, 0) is 47.2 Å². The molecule has 2 rings (SSSR count). The van der Waals surface area contributed by atoms with Gasteiger partial charge >= 0.3 is 5.97 Å². The standard InChI is InChI=1S/C19H22O3/c1-13-8-9-16(19(2,3)4)17(10-13)22-12-14-6-5-7-15(11-14)18(20)21/h5-11H,12H2,1-4H3,(H,20,21). The molecule has 0 atom stereocenters. The van der Waals surface area contributed by atoms with E-state index in [1.807, 2.05) is 19.1 Å². The molecule has 0 aliphatic rings. The number of carboxylic acids is 1. The average Bonchev–Trinajstić information content (AvgIpc) is 2.44. The van der Waals surface area contributed by atoms with Gasteiger partial charge in [0.1, 0.15) is 12.4 Å². The Labute approximate surface area is 131 Å². The van der Waals surface area contributed by atoms with Crippen LogP contribution in [0.1, 0.15) is 47.8 Å². The molecule has 0 heterocycles. The van der Waals surface area contributed by atoms with Crippen molar-refractivity contribution < 1.29 is 14.6 Å². The first kappa shape index (κ1) is 16.1. The highest BCUT2D eigenvalue weighted by molar-refractivity contribution is 5.87. The van der Waals surface area contributed by atoms with Crippen molar-refractivity contribution in [1.29, 1.82) is 0 Å². The summed E-state index contributed by atoms with van der Waals surface area (Å²) in [5, 5.41) is 9.04. The molecule has 0 aliphatic carbocycles. The van der Waals surface area contributed by atoms with Crippen LogP contribution in [0.4, 0.5) is 0 Å². The number of ether oxygens (including phenoxy) is 1. The first-order chi connectivity index (χ1) is 10.3. The van der Waals surface area contributed by atoms with Gasteiger partial charge < -0.3 is 9.84 Å². The Bertz CT molecular complexity index is 681. The lowest BCUT2D eigenvalue weighted by atomic mass is 9.86. The van der Waals surface area contributed by atoms with Crippen molar-refractivity contribution in [3.05, 3.63) is 64.7 Å². The topological polar surface area (TPSA) is 46.5 Å². The first-order valence-corrected chi connectivity index (χ1v) is 7.33. The van der Waals surface area contributed by atoms with Gasteiger partial charge in [0.2, 0.25) is 0 Å². The number of benzene rings is 2.